The lowest BCUT2D eigenvalue weighted by molar-refractivity contribution is 0.0767. The van der Waals surface area contributed by atoms with E-state index in [-0.39, 0.29) is 5.91 Å². The lowest BCUT2D eigenvalue weighted by Crippen LogP contribution is -2.33. The highest BCUT2D eigenvalue weighted by molar-refractivity contribution is 7.09. The topological polar surface area (TPSA) is 49.3 Å². The average Bonchev–Trinajstić information content (AvgIpc) is 3.24. The van der Waals surface area contributed by atoms with Gasteiger partial charge in [0.05, 0.1) is 6.20 Å². The number of hydrogen-bond acceptors (Lipinski definition) is 5. The van der Waals surface area contributed by atoms with E-state index in [0.717, 1.165) is 32.7 Å². The molecular weight excluding hydrogens is 296 g/mol. The number of fused-ring (bicyclic) bond motifs is 1. The van der Waals surface area contributed by atoms with Crippen molar-refractivity contribution in [1.29, 1.82) is 0 Å². The Morgan fingerprint density at radius 3 is 2.68 bits per heavy atom. The Kier molecular flexibility index (Phi) is 3.63. The van der Waals surface area contributed by atoms with Crippen LogP contribution in [0.5, 0.6) is 0 Å². The predicted octanol–water partition coefficient (Wildman–Crippen LogP) is 1.74. The molecule has 2 fully saturated rings. The van der Waals surface area contributed by atoms with E-state index in [4.69, 9.17) is 0 Å². The molecule has 0 radical (unpaired) electrons. The first-order valence-electron chi connectivity index (χ1n) is 7.59. The fourth-order valence-corrected chi connectivity index (χ4v) is 4.33. The highest BCUT2D eigenvalue weighted by Gasteiger charge is 2.41. The molecule has 2 saturated heterocycles. The fraction of sp³-hybridized carbons (Fsp3) is 0.438. The standard InChI is InChI=1S/C16H18N4OS/c21-16(15-6-17-3-4-18-15)20-9-12-7-19(8-13(12)10-20)11-14-2-1-5-22-14/h1-6,12-13H,7-11H2/t12-,13+. The molecule has 2 atom stereocenters. The number of rotatable bonds is 3. The Bertz CT molecular complexity index is 631. The highest BCUT2D eigenvalue weighted by atomic mass is 32.1. The van der Waals surface area contributed by atoms with Crippen molar-refractivity contribution in [2.75, 3.05) is 26.2 Å². The van der Waals surface area contributed by atoms with Crippen LogP contribution in [0.4, 0.5) is 0 Å². The molecule has 0 unspecified atom stereocenters. The maximum Gasteiger partial charge on any atom is 0.274 e. The van der Waals surface area contributed by atoms with Crippen molar-refractivity contribution in [2.24, 2.45) is 11.8 Å². The Hall–Kier alpha value is -1.79. The van der Waals surface area contributed by atoms with Crippen molar-refractivity contribution in [3.63, 3.8) is 0 Å². The van der Waals surface area contributed by atoms with Crippen molar-refractivity contribution < 1.29 is 4.79 Å². The van der Waals surface area contributed by atoms with Crippen LogP contribution in [-0.4, -0.2) is 51.9 Å². The molecule has 0 spiro atoms. The first kappa shape index (κ1) is 13.8. The number of hydrogen-bond donors (Lipinski definition) is 0. The third-order valence-corrected chi connectivity index (χ3v) is 5.45. The molecule has 2 aromatic heterocycles. The van der Waals surface area contributed by atoms with E-state index in [1.807, 2.05) is 16.2 Å². The molecule has 114 valence electrons. The summed E-state index contributed by atoms with van der Waals surface area (Å²) in [6.45, 7) is 4.92. The fourth-order valence-electron chi connectivity index (χ4n) is 3.58. The van der Waals surface area contributed by atoms with E-state index in [0.29, 0.717) is 17.5 Å². The predicted molar refractivity (Wildman–Crippen MR) is 84.5 cm³/mol. The molecule has 0 aliphatic carbocycles. The van der Waals surface area contributed by atoms with Crippen LogP contribution >= 0.6 is 11.3 Å². The molecule has 2 aromatic rings. The quantitative estimate of drug-likeness (QED) is 0.866. The molecule has 2 aliphatic heterocycles. The van der Waals surface area contributed by atoms with E-state index in [1.54, 1.807) is 18.6 Å². The maximum absolute atomic E-state index is 12.4. The molecule has 0 saturated carbocycles. The third kappa shape index (κ3) is 2.64. The SMILES string of the molecule is O=C(c1cnccn1)N1C[C@H]2CN(Cc3cccs3)C[C@H]2C1. The zero-order chi connectivity index (χ0) is 14.9. The number of nitrogens with zero attached hydrogens (tertiary/aromatic N) is 4. The number of amides is 1. The zero-order valence-electron chi connectivity index (χ0n) is 12.3. The first-order valence-corrected chi connectivity index (χ1v) is 8.47. The first-order chi connectivity index (χ1) is 10.8. The lowest BCUT2D eigenvalue weighted by Gasteiger charge is -2.20. The molecule has 4 rings (SSSR count). The van der Waals surface area contributed by atoms with Gasteiger partial charge in [0, 0.05) is 50.0 Å². The van der Waals surface area contributed by atoms with Gasteiger partial charge in [-0.2, -0.15) is 0 Å². The molecule has 0 bridgehead atoms. The van der Waals surface area contributed by atoms with Crippen LogP contribution in [0, 0.1) is 11.8 Å². The Morgan fingerprint density at radius 2 is 2.05 bits per heavy atom. The molecule has 22 heavy (non-hydrogen) atoms. The monoisotopic (exact) mass is 314 g/mol. The van der Waals surface area contributed by atoms with Gasteiger partial charge in [-0.15, -0.1) is 11.3 Å². The molecule has 0 aromatic carbocycles. The lowest BCUT2D eigenvalue weighted by atomic mass is 10.0. The van der Waals surface area contributed by atoms with Gasteiger partial charge < -0.3 is 4.90 Å². The van der Waals surface area contributed by atoms with Crippen LogP contribution < -0.4 is 0 Å². The van der Waals surface area contributed by atoms with Gasteiger partial charge in [0.25, 0.3) is 5.91 Å². The van der Waals surface area contributed by atoms with E-state index in [2.05, 4.69) is 32.4 Å². The van der Waals surface area contributed by atoms with Crippen molar-refractivity contribution in [3.8, 4) is 0 Å². The second-order valence-corrected chi connectivity index (χ2v) is 7.13. The average molecular weight is 314 g/mol. The van der Waals surface area contributed by atoms with Crippen LogP contribution in [0.25, 0.3) is 0 Å². The largest absolute Gasteiger partial charge is 0.337 e. The smallest absolute Gasteiger partial charge is 0.274 e. The number of likely N-dealkylation sites (tertiary alicyclic amines) is 2. The van der Waals surface area contributed by atoms with Crippen LogP contribution in [0.1, 0.15) is 15.4 Å². The third-order valence-electron chi connectivity index (χ3n) is 4.59. The van der Waals surface area contributed by atoms with E-state index in [9.17, 15) is 4.79 Å². The number of carbonyl (C=O) groups excluding carboxylic acids is 1. The number of thiophene rings is 1. The molecule has 4 heterocycles. The summed E-state index contributed by atoms with van der Waals surface area (Å²) in [6.07, 6.45) is 4.73. The molecule has 5 nitrogen and oxygen atoms in total. The van der Waals surface area contributed by atoms with Gasteiger partial charge in [-0.1, -0.05) is 6.07 Å². The summed E-state index contributed by atoms with van der Waals surface area (Å²) in [5.74, 6) is 1.22. The highest BCUT2D eigenvalue weighted by Crippen LogP contribution is 2.32. The normalized spacial score (nSPS) is 24.6. The summed E-state index contributed by atoms with van der Waals surface area (Å²) in [4.78, 5) is 26.4. The molecule has 2 aliphatic rings. The van der Waals surface area contributed by atoms with Crippen LogP contribution in [0.15, 0.2) is 36.1 Å². The molecule has 1 amide bonds. The summed E-state index contributed by atoms with van der Waals surface area (Å²) < 4.78 is 0. The summed E-state index contributed by atoms with van der Waals surface area (Å²) in [5.41, 5.74) is 0.456. The van der Waals surface area contributed by atoms with Crippen molar-refractivity contribution in [2.45, 2.75) is 6.54 Å². The minimum Gasteiger partial charge on any atom is -0.337 e. The van der Waals surface area contributed by atoms with Gasteiger partial charge in [-0.25, -0.2) is 4.98 Å². The van der Waals surface area contributed by atoms with Gasteiger partial charge in [-0.05, 0) is 23.3 Å². The van der Waals surface area contributed by atoms with E-state index in [1.165, 1.54) is 4.88 Å². The summed E-state index contributed by atoms with van der Waals surface area (Å²) in [5, 5.41) is 2.13. The van der Waals surface area contributed by atoms with Crippen LogP contribution in [-0.2, 0) is 6.54 Å². The van der Waals surface area contributed by atoms with Crippen molar-refractivity contribution in [1.82, 2.24) is 19.8 Å². The number of carbonyl (C=O) groups is 1. The van der Waals surface area contributed by atoms with Gasteiger partial charge in [0.15, 0.2) is 0 Å². The van der Waals surface area contributed by atoms with E-state index < -0.39 is 0 Å². The summed E-state index contributed by atoms with van der Waals surface area (Å²) >= 11 is 1.82. The van der Waals surface area contributed by atoms with Gasteiger partial charge in [-0.3, -0.25) is 14.7 Å². The minimum absolute atomic E-state index is 0.0207. The Balaban J connectivity index is 1.36. The van der Waals surface area contributed by atoms with Gasteiger partial charge in [0.1, 0.15) is 5.69 Å². The van der Waals surface area contributed by atoms with Crippen molar-refractivity contribution in [3.05, 3.63) is 46.7 Å². The summed E-state index contributed by atoms with van der Waals surface area (Å²) in [7, 11) is 0. The molecule has 0 N–H and O–H groups in total. The Morgan fingerprint density at radius 1 is 1.23 bits per heavy atom. The maximum atomic E-state index is 12.4. The van der Waals surface area contributed by atoms with Crippen LogP contribution in [0.3, 0.4) is 0 Å². The van der Waals surface area contributed by atoms with E-state index >= 15 is 0 Å². The second kappa shape index (κ2) is 5.78. The minimum atomic E-state index is 0.0207. The Labute approximate surface area is 133 Å². The number of aromatic nitrogens is 2. The van der Waals surface area contributed by atoms with Crippen LogP contribution in [0.2, 0.25) is 0 Å². The second-order valence-electron chi connectivity index (χ2n) is 6.09. The molecular formula is C16H18N4OS. The summed E-state index contributed by atoms with van der Waals surface area (Å²) in [6, 6.07) is 4.31. The van der Waals surface area contributed by atoms with Gasteiger partial charge in [0.2, 0.25) is 0 Å². The molecule has 6 heteroatoms. The van der Waals surface area contributed by atoms with Crippen molar-refractivity contribution >= 4 is 17.2 Å². The zero-order valence-corrected chi connectivity index (χ0v) is 13.1. The van der Waals surface area contributed by atoms with Gasteiger partial charge >= 0.3 is 0 Å².